The highest BCUT2D eigenvalue weighted by molar-refractivity contribution is 5.76. The summed E-state index contributed by atoms with van der Waals surface area (Å²) in [5.41, 5.74) is 2.12. The van der Waals surface area contributed by atoms with Crippen LogP contribution in [0, 0.1) is 0 Å². The van der Waals surface area contributed by atoms with Crippen LogP contribution in [0.15, 0.2) is 24.3 Å². The molecule has 1 aromatic rings. The normalized spacial score (nSPS) is 14.9. The van der Waals surface area contributed by atoms with Gasteiger partial charge in [0.15, 0.2) is 0 Å². The lowest BCUT2D eigenvalue weighted by Gasteiger charge is -2.20. The minimum atomic E-state index is -0.186. The van der Waals surface area contributed by atoms with Crippen molar-refractivity contribution in [3.05, 3.63) is 35.4 Å². The van der Waals surface area contributed by atoms with Crippen LogP contribution in [0.4, 0.5) is 4.79 Å². The van der Waals surface area contributed by atoms with Gasteiger partial charge in [-0.25, -0.2) is 4.79 Å². The largest absolute Gasteiger partial charge is 0.380 e. The number of hydrogen-bond donors (Lipinski definition) is 2. The van der Waals surface area contributed by atoms with E-state index in [0.717, 1.165) is 49.9 Å². The molecule has 1 aliphatic heterocycles. The van der Waals surface area contributed by atoms with Crippen molar-refractivity contribution < 1.29 is 14.3 Å². The fourth-order valence-corrected chi connectivity index (χ4v) is 3.01. The molecule has 6 nitrogen and oxygen atoms in total. The lowest BCUT2D eigenvalue weighted by molar-refractivity contribution is -0.130. The summed E-state index contributed by atoms with van der Waals surface area (Å²) >= 11 is 0. The summed E-state index contributed by atoms with van der Waals surface area (Å²) < 4.78 is 5.17. The number of benzene rings is 1. The summed E-state index contributed by atoms with van der Waals surface area (Å²) in [6.45, 7) is 3.13. The highest BCUT2D eigenvalue weighted by atomic mass is 16.5. The molecule has 0 spiro atoms. The van der Waals surface area contributed by atoms with E-state index in [-0.39, 0.29) is 11.9 Å². The van der Waals surface area contributed by atoms with E-state index in [2.05, 4.69) is 10.6 Å². The number of methoxy groups -OCH3 is 1. The number of nitrogens with zero attached hydrogens (tertiary/aromatic N) is 1. The van der Waals surface area contributed by atoms with E-state index in [1.165, 1.54) is 0 Å². The van der Waals surface area contributed by atoms with E-state index < -0.39 is 0 Å². The smallest absolute Gasteiger partial charge is 0.315 e. The summed E-state index contributed by atoms with van der Waals surface area (Å²) in [6.07, 6.45) is 4.66. The zero-order valence-corrected chi connectivity index (χ0v) is 15.1. The fraction of sp³-hybridized carbons (Fsp3) is 0.579. The molecule has 1 aliphatic rings. The van der Waals surface area contributed by atoms with Crippen LogP contribution < -0.4 is 10.6 Å². The van der Waals surface area contributed by atoms with Crippen molar-refractivity contribution >= 4 is 11.9 Å². The molecule has 0 bridgehead atoms. The van der Waals surface area contributed by atoms with E-state index in [1.54, 1.807) is 7.11 Å². The number of likely N-dealkylation sites (tertiary alicyclic amines) is 1. The number of nitrogens with one attached hydrogen (secondary N) is 2. The fourth-order valence-electron chi connectivity index (χ4n) is 3.01. The van der Waals surface area contributed by atoms with Crippen molar-refractivity contribution in [2.24, 2.45) is 0 Å². The topological polar surface area (TPSA) is 70.7 Å². The zero-order chi connectivity index (χ0) is 17.9. The number of hydrogen-bond acceptors (Lipinski definition) is 3. The Hall–Kier alpha value is -2.08. The lowest BCUT2D eigenvalue weighted by Crippen LogP contribution is -2.38. The van der Waals surface area contributed by atoms with Crippen LogP contribution in [-0.2, 0) is 22.7 Å². The molecule has 0 aliphatic carbocycles. The van der Waals surface area contributed by atoms with Crippen molar-refractivity contribution in [2.45, 2.75) is 45.3 Å². The first-order valence-electron chi connectivity index (χ1n) is 9.06. The third-order valence-electron chi connectivity index (χ3n) is 4.42. The Labute approximate surface area is 149 Å². The Balaban J connectivity index is 1.65. The van der Waals surface area contributed by atoms with Gasteiger partial charge in [-0.1, -0.05) is 30.7 Å². The molecule has 2 rings (SSSR count). The number of rotatable bonds is 8. The molecule has 138 valence electrons. The quantitative estimate of drug-likeness (QED) is 0.710. The number of carbonyl (C=O) groups is 2. The Morgan fingerprint density at radius 2 is 1.96 bits per heavy atom. The molecule has 3 amide bonds. The highest BCUT2D eigenvalue weighted by Gasteiger charge is 2.15. The first-order valence-corrected chi connectivity index (χ1v) is 9.06. The maximum atomic E-state index is 11.9. The molecule has 1 aromatic carbocycles. The van der Waals surface area contributed by atoms with Gasteiger partial charge in [-0.2, -0.15) is 0 Å². The second-order valence-electron chi connectivity index (χ2n) is 6.36. The average molecular weight is 347 g/mol. The van der Waals surface area contributed by atoms with Gasteiger partial charge in [0.1, 0.15) is 0 Å². The van der Waals surface area contributed by atoms with Crippen LogP contribution in [0.5, 0.6) is 0 Å². The molecule has 1 fully saturated rings. The molecule has 0 unspecified atom stereocenters. The Bertz CT molecular complexity index is 563. The summed E-state index contributed by atoms with van der Waals surface area (Å²) in [6, 6.07) is 7.71. The van der Waals surface area contributed by atoms with Gasteiger partial charge in [0.05, 0.1) is 6.61 Å². The van der Waals surface area contributed by atoms with E-state index in [4.69, 9.17) is 4.74 Å². The van der Waals surface area contributed by atoms with Gasteiger partial charge in [-0.3, -0.25) is 4.79 Å². The van der Waals surface area contributed by atoms with E-state index in [1.807, 2.05) is 29.2 Å². The zero-order valence-electron chi connectivity index (χ0n) is 15.1. The minimum Gasteiger partial charge on any atom is -0.380 e. The molecule has 0 saturated carbocycles. The van der Waals surface area contributed by atoms with Gasteiger partial charge in [0.25, 0.3) is 0 Å². The van der Waals surface area contributed by atoms with Crippen molar-refractivity contribution in [2.75, 3.05) is 26.7 Å². The molecule has 1 heterocycles. The first-order chi connectivity index (χ1) is 12.2. The van der Waals surface area contributed by atoms with Crippen LogP contribution in [0.3, 0.4) is 0 Å². The van der Waals surface area contributed by atoms with Crippen molar-refractivity contribution in [1.29, 1.82) is 0 Å². The number of amides is 3. The van der Waals surface area contributed by atoms with Gasteiger partial charge in [-0.05, 0) is 30.4 Å². The second kappa shape index (κ2) is 10.7. The third kappa shape index (κ3) is 6.74. The summed E-state index contributed by atoms with van der Waals surface area (Å²) in [4.78, 5) is 25.7. The number of urea groups is 1. The van der Waals surface area contributed by atoms with Crippen LogP contribution >= 0.6 is 0 Å². The van der Waals surface area contributed by atoms with Gasteiger partial charge < -0.3 is 20.3 Å². The molecular formula is C19H29N3O3. The van der Waals surface area contributed by atoms with Gasteiger partial charge in [-0.15, -0.1) is 0 Å². The predicted molar refractivity (Wildman–Crippen MR) is 97.1 cm³/mol. The standard InChI is InChI=1S/C19H29N3O3/c1-25-15-17-9-5-4-8-16(17)14-21-19(24)20-11-7-13-22-12-6-2-3-10-18(22)23/h4-5,8-9H,2-3,6-7,10-15H2,1H3,(H2,20,21,24). The van der Waals surface area contributed by atoms with Gasteiger partial charge in [0, 0.05) is 39.7 Å². The molecule has 25 heavy (non-hydrogen) atoms. The summed E-state index contributed by atoms with van der Waals surface area (Å²) in [5.74, 6) is 0.247. The summed E-state index contributed by atoms with van der Waals surface area (Å²) in [7, 11) is 1.66. The Morgan fingerprint density at radius 3 is 2.76 bits per heavy atom. The van der Waals surface area contributed by atoms with Gasteiger partial charge >= 0.3 is 6.03 Å². The number of ether oxygens (including phenoxy) is 1. The molecule has 0 radical (unpaired) electrons. The summed E-state index contributed by atoms with van der Waals surface area (Å²) in [5, 5.41) is 5.72. The van der Waals surface area contributed by atoms with Crippen molar-refractivity contribution in [1.82, 2.24) is 15.5 Å². The number of carbonyl (C=O) groups excluding carboxylic acids is 2. The maximum absolute atomic E-state index is 11.9. The van der Waals surface area contributed by atoms with E-state index in [9.17, 15) is 9.59 Å². The molecule has 2 N–H and O–H groups in total. The van der Waals surface area contributed by atoms with Crippen LogP contribution in [-0.4, -0.2) is 43.6 Å². The average Bonchev–Trinajstić information content (AvgIpc) is 2.82. The molecule has 6 heteroatoms. The lowest BCUT2D eigenvalue weighted by atomic mass is 10.1. The van der Waals surface area contributed by atoms with Gasteiger partial charge in [0.2, 0.25) is 5.91 Å². The van der Waals surface area contributed by atoms with Crippen LogP contribution in [0.1, 0.15) is 43.2 Å². The minimum absolute atomic E-state index is 0.186. The molecule has 1 saturated heterocycles. The molecular weight excluding hydrogens is 318 g/mol. The van der Waals surface area contributed by atoms with E-state index >= 15 is 0 Å². The monoisotopic (exact) mass is 347 g/mol. The van der Waals surface area contributed by atoms with E-state index in [0.29, 0.717) is 26.1 Å². The first kappa shape index (κ1) is 19.2. The third-order valence-corrected chi connectivity index (χ3v) is 4.42. The van der Waals surface area contributed by atoms with Crippen molar-refractivity contribution in [3.8, 4) is 0 Å². The molecule has 0 aromatic heterocycles. The van der Waals surface area contributed by atoms with Crippen LogP contribution in [0.25, 0.3) is 0 Å². The SMILES string of the molecule is COCc1ccccc1CNC(=O)NCCCN1CCCCCC1=O. The Kier molecular flexibility index (Phi) is 8.25. The molecule has 0 atom stereocenters. The highest BCUT2D eigenvalue weighted by Crippen LogP contribution is 2.11. The Morgan fingerprint density at radius 1 is 1.16 bits per heavy atom. The van der Waals surface area contributed by atoms with Crippen molar-refractivity contribution in [3.63, 3.8) is 0 Å². The van der Waals surface area contributed by atoms with Crippen LogP contribution in [0.2, 0.25) is 0 Å². The second-order valence-corrected chi connectivity index (χ2v) is 6.36. The predicted octanol–water partition coefficient (Wildman–Crippen LogP) is 2.42. The maximum Gasteiger partial charge on any atom is 0.315 e.